The summed E-state index contributed by atoms with van der Waals surface area (Å²) < 4.78 is 17.2. The third kappa shape index (κ3) is 6.05. The van der Waals surface area contributed by atoms with Crippen LogP contribution in [-0.4, -0.2) is 49.0 Å². The van der Waals surface area contributed by atoms with E-state index in [1.165, 1.54) is 5.56 Å². The van der Waals surface area contributed by atoms with Gasteiger partial charge in [-0.3, -0.25) is 4.79 Å². The Bertz CT molecular complexity index is 760. The molecule has 0 unspecified atom stereocenters. The zero-order chi connectivity index (χ0) is 20.6. The first-order valence-electron chi connectivity index (χ1n) is 10.4. The second-order valence-corrected chi connectivity index (χ2v) is 7.61. The normalized spacial score (nSPS) is 17.5. The van der Waals surface area contributed by atoms with Crippen LogP contribution in [0.2, 0.25) is 0 Å². The van der Waals surface area contributed by atoms with E-state index < -0.39 is 6.10 Å². The minimum absolute atomic E-state index is 0.00832. The number of hydrogen-bond acceptors (Lipinski definition) is 4. The average molecular weight is 398 g/mol. The quantitative estimate of drug-likeness (QED) is 0.645. The number of nitrogens with zero attached hydrogens (tertiary/aromatic N) is 1. The SMILES string of the molecule is CCOc1ccc(C[C@H](OC(C)C)C(=O)N2COC[C@@H]2Cc2ccccc2)cc1. The van der Waals surface area contributed by atoms with Gasteiger partial charge in [0.05, 0.1) is 25.4 Å². The van der Waals surface area contributed by atoms with Crippen LogP contribution in [0.15, 0.2) is 54.6 Å². The molecular weight excluding hydrogens is 366 g/mol. The van der Waals surface area contributed by atoms with E-state index in [0.717, 1.165) is 17.7 Å². The lowest BCUT2D eigenvalue weighted by atomic mass is 10.0. The molecule has 5 heteroatoms. The van der Waals surface area contributed by atoms with E-state index in [1.54, 1.807) is 0 Å². The molecule has 0 bridgehead atoms. The van der Waals surface area contributed by atoms with Crippen molar-refractivity contribution < 1.29 is 19.0 Å². The van der Waals surface area contributed by atoms with Crippen LogP contribution < -0.4 is 4.74 Å². The summed E-state index contributed by atoms with van der Waals surface area (Å²) in [5.74, 6) is 0.825. The van der Waals surface area contributed by atoms with Crippen LogP contribution in [0.5, 0.6) is 5.75 Å². The lowest BCUT2D eigenvalue weighted by Gasteiger charge is -2.28. The molecule has 0 spiro atoms. The number of amides is 1. The average Bonchev–Trinajstić information content (AvgIpc) is 3.17. The summed E-state index contributed by atoms with van der Waals surface area (Å²) in [6.45, 7) is 7.38. The van der Waals surface area contributed by atoms with Crippen molar-refractivity contribution in [2.45, 2.75) is 51.9 Å². The van der Waals surface area contributed by atoms with Gasteiger partial charge in [0.2, 0.25) is 0 Å². The van der Waals surface area contributed by atoms with Crippen LogP contribution in [0, 0.1) is 0 Å². The molecule has 0 radical (unpaired) electrons. The van der Waals surface area contributed by atoms with Gasteiger partial charge in [0.15, 0.2) is 0 Å². The van der Waals surface area contributed by atoms with Crippen molar-refractivity contribution in [3.8, 4) is 5.75 Å². The second-order valence-electron chi connectivity index (χ2n) is 7.61. The lowest BCUT2D eigenvalue weighted by Crippen LogP contribution is -2.46. The fourth-order valence-corrected chi connectivity index (χ4v) is 3.59. The number of rotatable bonds is 9. The fraction of sp³-hybridized carbons (Fsp3) is 0.458. The van der Waals surface area contributed by atoms with E-state index in [2.05, 4.69) is 12.1 Å². The van der Waals surface area contributed by atoms with Gasteiger partial charge in [-0.2, -0.15) is 0 Å². The van der Waals surface area contributed by atoms with Crippen LogP contribution in [-0.2, 0) is 27.1 Å². The Kier molecular flexibility index (Phi) is 7.67. The minimum Gasteiger partial charge on any atom is -0.494 e. The highest BCUT2D eigenvalue weighted by molar-refractivity contribution is 5.81. The maximum absolute atomic E-state index is 13.4. The van der Waals surface area contributed by atoms with Crippen molar-refractivity contribution in [3.63, 3.8) is 0 Å². The van der Waals surface area contributed by atoms with Crippen LogP contribution in [0.3, 0.4) is 0 Å². The molecule has 2 aromatic carbocycles. The zero-order valence-corrected chi connectivity index (χ0v) is 17.5. The number of carbonyl (C=O) groups is 1. The van der Waals surface area contributed by atoms with E-state index in [4.69, 9.17) is 14.2 Å². The van der Waals surface area contributed by atoms with Crippen molar-refractivity contribution in [2.75, 3.05) is 19.9 Å². The van der Waals surface area contributed by atoms with Gasteiger partial charge in [0.1, 0.15) is 18.6 Å². The maximum atomic E-state index is 13.4. The van der Waals surface area contributed by atoms with Gasteiger partial charge < -0.3 is 19.1 Å². The summed E-state index contributed by atoms with van der Waals surface area (Å²) in [5, 5.41) is 0. The highest BCUT2D eigenvalue weighted by Gasteiger charge is 2.35. The van der Waals surface area contributed by atoms with E-state index >= 15 is 0 Å². The molecule has 1 aliphatic heterocycles. The number of ether oxygens (including phenoxy) is 3. The Balaban J connectivity index is 1.70. The first-order chi connectivity index (χ1) is 14.1. The molecule has 2 atom stereocenters. The molecule has 1 fully saturated rings. The molecule has 29 heavy (non-hydrogen) atoms. The summed E-state index contributed by atoms with van der Waals surface area (Å²) in [6, 6.07) is 18.1. The van der Waals surface area contributed by atoms with Gasteiger partial charge in [-0.05, 0) is 50.5 Å². The predicted octanol–water partition coefficient (Wildman–Crippen LogP) is 3.85. The van der Waals surface area contributed by atoms with Crippen LogP contribution in [0.25, 0.3) is 0 Å². The summed E-state index contributed by atoms with van der Waals surface area (Å²) >= 11 is 0. The Labute approximate surface area is 173 Å². The van der Waals surface area contributed by atoms with Crippen molar-refractivity contribution in [3.05, 3.63) is 65.7 Å². The third-order valence-corrected chi connectivity index (χ3v) is 4.95. The van der Waals surface area contributed by atoms with Gasteiger partial charge in [0, 0.05) is 6.42 Å². The van der Waals surface area contributed by atoms with Crippen LogP contribution in [0.1, 0.15) is 31.9 Å². The summed E-state index contributed by atoms with van der Waals surface area (Å²) in [6.07, 6.45) is 0.734. The van der Waals surface area contributed by atoms with E-state index in [1.807, 2.05) is 68.1 Å². The van der Waals surface area contributed by atoms with Crippen molar-refractivity contribution in [2.24, 2.45) is 0 Å². The van der Waals surface area contributed by atoms with E-state index in [-0.39, 0.29) is 18.1 Å². The summed E-state index contributed by atoms with van der Waals surface area (Å²) in [7, 11) is 0. The standard InChI is InChI=1S/C24H31NO4/c1-4-28-22-12-10-20(11-13-22)15-23(29-18(2)3)24(26)25-17-27-16-21(25)14-19-8-6-5-7-9-19/h5-13,18,21,23H,4,14-17H2,1-3H3/t21-,23-/m0/s1. The molecule has 2 aromatic rings. The molecule has 0 saturated carbocycles. The fourth-order valence-electron chi connectivity index (χ4n) is 3.59. The maximum Gasteiger partial charge on any atom is 0.254 e. The zero-order valence-electron chi connectivity index (χ0n) is 17.5. The predicted molar refractivity (Wildman–Crippen MR) is 113 cm³/mol. The molecule has 1 aliphatic rings. The first-order valence-corrected chi connectivity index (χ1v) is 10.4. The Morgan fingerprint density at radius 1 is 1.10 bits per heavy atom. The Morgan fingerprint density at radius 3 is 2.48 bits per heavy atom. The highest BCUT2D eigenvalue weighted by Crippen LogP contribution is 2.21. The molecule has 1 saturated heterocycles. The van der Waals surface area contributed by atoms with Crippen LogP contribution in [0.4, 0.5) is 0 Å². The van der Waals surface area contributed by atoms with Gasteiger partial charge in [-0.15, -0.1) is 0 Å². The largest absolute Gasteiger partial charge is 0.494 e. The molecule has 0 aromatic heterocycles. The molecule has 5 nitrogen and oxygen atoms in total. The number of benzene rings is 2. The van der Waals surface area contributed by atoms with Crippen LogP contribution >= 0.6 is 0 Å². The molecule has 0 aliphatic carbocycles. The van der Waals surface area contributed by atoms with Crippen molar-refractivity contribution >= 4 is 5.91 Å². The molecule has 0 N–H and O–H groups in total. The molecule has 3 rings (SSSR count). The van der Waals surface area contributed by atoms with Gasteiger partial charge >= 0.3 is 0 Å². The van der Waals surface area contributed by atoms with Gasteiger partial charge in [-0.25, -0.2) is 0 Å². The van der Waals surface area contributed by atoms with Gasteiger partial charge in [0.25, 0.3) is 5.91 Å². The Morgan fingerprint density at radius 2 is 1.83 bits per heavy atom. The molecular formula is C24H31NO4. The number of carbonyl (C=O) groups excluding carboxylic acids is 1. The van der Waals surface area contributed by atoms with Crippen molar-refractivity contribution in [1.29, 1.82) is 0 Å². The molecule has 1 amide bonds. The lowest BCUT2D eigenvalue weighted by molar-refractivity contribution is -0.148. The summed E-state index contributed by atoms with van der Waals surface area (Å²) in [5.41, 5.74) is 2.25. The van der Waals surface area contributed by atoms with E-state index in [0.29, 0.717) is 26.4 Å². The minimum atomic E-state index is -0.534. The topological polar surface area (TPSA) is 48.0 Å². The first kappa shape index (κ1) is 21.3. The highest BCUT2D eigenvalue weighted by atomic mass is 16.5. The smallest absolute Gasteiger partial charge is 0.254 e. The van der Waals surface area contributed by atoms with E-state index in [9.17, 15) is 4.79 Å². The molecule has 156 valence electrons. The third-order valence-electron chi connectivity index (χ3n) is 4.95. The second kappa shape index (κ2) is 10.4. The molecule has 1 heterocycles. The monoisotopic (exact) mass is 397 g/mol. The Hall–Kier alpha value is -2.37. The summed E-state index contributed by atoms with van der Waals surface area (Å²) in [4.78, 5) is 15.2. The van der Waals surface area contributed by atoms with Crippen molar-refractivity contribution in [1.82, 2.24) is 4.90 Å². The van der Waals surface area contributed by atoms with Gasteiger partial charge in [-0.1, -0.05) is 42.5 Å². The number of hydrogen-bond donors (Lipinski definition) is 0.